The molecular weight excluding hydrogens is 236 g/mol. The molecule has 1 aliphatic rings. The van der Waals surface area contributed by atoms with E-state index in [0.717, 1.165) is 19.4 Å². The molecule has 0 spiro atoms. The second kappa shape index (κ2) is 6.04. The molecule has 0 radical (unpaired) electrons. The van der Waals surface area contributed by atoms with E-state index in [1.54, 1.807) is 14.0 Å². The molecule has 0 aromatic carbocycles. The Labute approximate surface area is 107 Å². The normalized spacial score (nSPS) is 25.3. The molecule has 0 aromatic heterocycles. The third-order valence-corrected chi connectivity index (χ3v) is 3.16. The summed E-state index contributed by atoms with van der Waals surface area (Å²) >= 11 is 0. The SMILES string of the molecule is CC(CN(C)C(=O)NC1(C)CCCOC1)C(=O)O. The Bertz CT molecular complexity index is 313. The average Bonchev–Trinajstić information content (AvgIpc) is 2.28. The van der Waals surface area contributed by atoms with Crippen molar-refractivity contribution >= 4 is 12.0 Å². The second-order valence-electron chi connectivity index (χ2n) is 5.27. The maximum Gasteiger partial charge on any atom is 0.317 e. The van der Waals surface area contributed by atoms with Crippen molar-refractivity contribution in [2.24, 2.45) is 5.92 Å². The number of nitrogens with one attached hydrogen (secondary N) is 1. The number of carboxylic acid groups (broad SMARTS) is 1. The Kier molecular flexibility index (Phi) is 4.95. The number of ether oxygens (including phenoxy) is 1. The summed E-state index contributed by atoms with van der Waals surface area (Å²) in [4.78, 5) is 24.1. The number of amides is 2. The third kappa shape index (κ3) is 4.18. The first-order chi connectivity index (χ1) is 8.34. The smallest absolute Gasteiger partial charge is 0.317 e. The number of nitrogens with zero attached hydrogens (tertiary/aromatic N) is 1. The standard InChI is InChI=1S/C12H22N2O4/c1-9(10(15)16)7-14(3)11(17)13-12(2)5-4-6-18-8-12/h9H,4-8H2,1-3H3,(H,13,17)(H,15,16). The molecule has 1 fully saturated rings. The van der Waals surface area contributed by atoms with Gasteiger partial charge in [0.1, 0.15) is 0 Å². The highest BCUT2D eigenvalue weighted by Crippen LogP contribution is 2.18. The van der Waals surface area contributed by atoms with E-state index in [2.05, 4.69) is 5.32 Å². The maximum absolute atomic E-state index is 11.9. The highest BCUT2D eigenvalue weighted by molar-refractivity contribution is 5.76. The van der Waals surface area contributed by atoms with E-state index in [0.29, 0.717) is 6.61 Å². The van der Waals surface area contributed by atoms with Crippen LogP contribution in [0.2, 0.25) is 0 Å². The molecule has 1 rings (SSSR count). The summed E-state index contributed by atoms with van der Waals surface area (Å²) in [5.41, 5.74) is -0.351. The van der Waals surface area contributed by atoms with Gasteiger partial charge in [0.15, 0.2) is 0 Å². The van der Waals surface area contributed by atoms with Gasteiger partial charge in [-0.15, -0.1) is 0 Å². The van der Waals surface area contributed by atoms with Crippen LogP contribution in [0.4, 0.5) is 4.79 Å². The van der Waals surface area contributed by atoms with E-state index in [4.69, 9.17) is 9.84 Å². The fourth-order valence-corrected chi connectivity index (χ4v) is 1.96. The van der Waals surface area contributed by atoms with Crippen LogP contribution in [0.15, 0.2) is 0 Å². The highest BCUT2D eigenvalue weighted by atomic mass is 16.5. The molecule has 1 saturated heterocycles. The van der Waals surface area contributed by atoms with Crippen LogP contribution in [0.5, 0.6) is 0 Å². The van der Waals surface area contributed by atoms with Crippen molar-refractivity contribution in [3.05, 3.63) is 0 Å². The Morgan fingerprint density at radius 2 is 2.22 bits per heavy atom. The van der Waals surface area contributed by atoms with Crippen LogP contribution in [0, 0.1) is 5.92 Å². The fourth-order valence-electron chi connectivity index (χ4n) is 1.96. The van der Waals surface area contributed by atoms with Gasteiger partial charge >= 0.3 is 12.0 Å². The predicted octanol–water partition coefficient (Wildman–Crippen LogP) is 0.918. The molecule has 104 valence electrons. The summed E-state index contributed by atoms with van der Waals surface area (Å²) in [6, 6.07) is -0.254. The molecule has 2 N–H and O–H groups in total. The van der Waals surface area contributed by atoms with E-state index in [9.17, 15) is 9.59 Å². The summed E-state index contributed by atoms with van der Waals surface area (Å²) in [5, 5.41) is 11.7. The summed E-state index contributed by atoms with van der Waals surface area (Å²) < 4.78 is 5.36. The highest BCUT2D eigenvalue weighted by Gasteiger charge is 2.30. The first-order valence-electron chi connectivity index (χ1n) is 6.18. The van der Waals surface area contributed by atoms with Crippen LogP contribution in [-0.2, 0) is 9.53 Å². The predicted molar refractivity (Wildman–Crippen MR) is 66.4 cm³/mol. The molecule has 18 heavy (non-hydrogen) atoms. The molecule has 6 heteroatoms. The van der Waals surface area contributed by atoms with Crippen LogP contribution in [0.25, 0.3) is 0 Å². The topological polar surface area (TPSA) is 78.9 Å². The minimum Gasteiger partial charge on any atom is -0.481 e. The fraction of sp³-hybridized carbons (Fsp3) is 0.833. The van der Waals surface area contributed by atoms with Gasteiger partial charge < -0.3 is 20.1 Å². The Hall–Kier alpha value is -1.30. The van der Waals surface area contributed by atoms with Gasteiger partial charge in [-0.1, -0.05) is 6.92 Å². The Morgan fingerprint density at radius 3 is 2.72 bits per heavy atom. The van der Waals surface area contributed by atoms with Crippen LogP contribution in [0.3, 0.4) is 0 Å². The van der Waals surface area contributed by atoms with Gasteiger partial charge in [-0.3, -0.25) is 4.79 Å². The van der Waals surface area contributed by atoms with Crippen LogP contribution in [-0.4, -0.2) is 54.4 Å². The second-order valence-corrected chi connectivity index (χ2v) is 5.27. The van der Waals surface area contributed by atoms with Crippen molar-refractivity contribution in [1.82, 2.24) is 10.2 Å². The van der Waals surface area contributed by atoms with E-state index < -0.39 is 11.9 Å². The zero-order valence-corrected chi connectivity index (χ0v) is 11.2. The molecule has 6 nitrogen and oxygen atoms in total. The van der Waals surface area contributed by atoms with E-state index >= 15 is 0 Å². The van der Waals surface area contributed by atoms with E-state index in [1.807, 2.05) is 6.92 Å². The lowest BCUT2D eigenvalue weighted by Crippen LogP contribution is -2.55. The largest absolute Gasteiger partial charge is 0.481 e. The van der Waals surface area contributed by atoms with Crippen LogP contribution >= 0.6 is 0 Å². The number of carbonyl (C=O) groups excluding carboxylic acids is 1. The number of carboxylic acids is 1. The van der Waals surface area contributed by atoms with E-state index in [1.165, 1.54) is 4.90 Å². The van der Waals surface area contributed by atoms with Crippen molar-refractivity contribution in [3.8, 4) is 0 Å². The maximum atomic E-state index is 11.9. The lowest BCUT2D eigenvalue weighted by Gasteiger charge is -2.35. The van der Waals surface area contributed by atoms with Crippen molar-refractivity contribution in [3.63, 3.8) is 0 Å². The summed E-state index contributed by atoms with van der Waals surface area (Å²) in [5.74, 6) is -1.47. The summed E-state index contributed by atoms with van der Waals surface area (Å²) in [6.45, 7) is 4.95. The summed E-state index contributed by atoms with van der Waals surface area (Å²) in [6.07, 6.45) is 1.80. The number of aliphatic carboxylic acids is 1. The summed E-state index contributed by atoms with van der Waals surface area (Å²) in [7, 11) is 1.60. The van der Waals surface area contributed by atoms with Gasteiger partial charge in [0.05, 0.1) is 18.1 Å². The lowest BCUT2D eigenvalue weighted by molar-refractivity contribution is -0.141. The third-order valence-electron chi connectivity index (χ3n) is 3.16. The van der Waals surface area contributed by atoms with E-state index in [-0.39, 0.29) is 18.1 Å². The van der Waals surface area contributed by atoms with Gasteiger partial charge in [0, 0.05) is 20.2 Å². The number of carbonyl (C=O) groups is 2. The van der Waals surface area contributed by atoms with Gasteiger partial charge in [0.25, 0.3) is 0 Å². The zero-order valence-electron chi connectivity index (χ0n) is 11.2. The quantitative estimate of drug-likeness (QED) is 0.786. The molecule has 1 heterocycles. The minimum atomic E-state index is -0.901. The molecular formula is C12H22N2O4. The monoisotopic (exact) mass is 258 g/mol. The molecule has 0 bridgehead atoms. The Balaban J connectivity index is 2.46. The molecule has 2 atom stereocenters. The van der Waals surface area contributed by atoms with Gasteiger partial charge in [-0.25, -0.2) is 4.79 Å². The molecule has 0 aromatic rings. The van der Waals surface area contributed by atoms with Crippen molar-refractivity contribution in [2.75, 3.05) is 26.8 Å². The number of hydrogen-bond donors (Lipinski definition) is 2. The number of hydrogen-bond acceptors (Lipinski definition) is 3. The Morgan fingerprint density at radius 1 is 1.56 bits per heavy atom. The van der Waals surface area contributed by atoms with Gasteiger partial charge in [-0.2, -0.15) is 0 Å². The molecule has 0 saturated carbocycles. The molecule has 0 aliphatic carbocycles. The van der Waals surface area contributed by atoms with Crippen molar-refractivity contribution < 1.29 is 19.4 Å². The lowest BCUT2D eigenvalue weighted by atomic mass is 9.95. The average molecular weight is 258 g/mol. The molecule has 2 unspecified atom stereocenters. The van der Waals surface area contributed by atoms with Crippen LogP contribution < -0.4 is 5.32 Å². The molecule has 2 amide bonds. The number of rotatable bonds is 4. The van der Waals surface area contributed by atoms with Gasteiger partial charge in [0.2, 0.25) is 0 Å². The van der Waals surface area contributed by atoms with Crippen molar-refractivity contribution in [1.29, 1.82) is 0 Å². The minimum absolute atomic E-state index is 0.193. The first-order valence-corrected chi connectivity index (χ1v) is 6.18. The van der Waals surface area contributed by atoms with Crippen molar-refractivity contribution in [2.45, 2.75) is 32.2 Å². The zero-order chi connectivity index (χ0) is 13.8. The molecule has 1 aliphatic heterocycles. The first kappa shape index (κ1) is 14.8. The van der Waals surface area contributed by atoms with Crippen LogP contribution in [0.1, 0.15) is 26.7 Å². The van der Waals surface area contributed by atoms with Gasteiger partial charge in [-0.05, 0) is 19.8 Å². The number of urea groups is 1.